The van der Waals surface area contributed by atoms with Crippen LogP contribution < -0.4 is 5.32 Å². The first-order valence-corrected chi connectivity index (χ1v) is 6.07. The van der Waals surface area contributed by atoms with Gasteiger partial charge in [0, 0.05) is 0 Å². The first kappa shape index (κ1) is 15.4. The Morgan fingerprint density at radius 3 is 2.85 bits per heavy atom. The molecule has 0 aliphatic carbocycles. The largest absolute Gasteiger partial charge is 0.461 e. The van der Waals surface area contributed by atoms with Crippen LogP contribution in [0.2, 0.25) is 0 Å². The zero-order valence-corrected chi connectivity index (χ0v) is 11.1. The van der Waals surface area contributed by atoms with Crippen molar-refractivity contribution in [1.82, 2.24) is 5.32 Å². The van der Waals surface area contributed by atoms with Crippen LogP contribution in [0.25, 0.3) is 0 Å². The van der Waals surface area contributed by atoms with E-state index in [0.717, 1.165) is 0 Å². The molecule has 1 rings (SSSR count). The number of nitrogens with one attached hydrogen (secondary N) is 2. The number of ether oxygens (including phenoxy) is 1. The van der Waals surface area contributed by atoms with Gasteiger partial charge in [-0.25, -0.2) is 4.79 Å². The number of carbonyl (C=O) groups is 2. The lowest BCUT2D eigenvalue weighted by Gasteiger charge is -2.06. The summed E-state index contributed by atoms with van der Waals surface area (Å²) in [5, 5.41) is 18.6. The van der Waals surface area contributed by atoms with Gasteiger partial charge in [-0.15, -0.1) is 0 Å². The summed E-state index contributed by atoms with van der Waals surface area (Å²) < 4.78 is 4.63. The van der Waals surface area contributed by atoms with E-state index in [1.807, 2.05) is 6.07 Å². The maximum absolute atomic E-state index is 11.7. The summed E-state index contributed by atoms with van der Waals surface area (Å²) in [5.41, 5.74) is 0.879. The highest BCUT2D eigenvalue weighted by Crippen LogP contribution is 2.04. The first-order valence-electron chi connectivity index (χ1n) is 6.07. The fourth-order valence-corrected chi connectivity index (χ4v) is 1.48. The van der Waals surface area contributed by atoms with Gasteiger partial charge in [-0.2, -0.15) is 5.26 Å². The number of nitrogens with zero attached hydrogens (tertiary/aromatic N) is 1. The van der Waals surface area contributed by atoms with Gasteiger partial charge < -0.3 is 10.1 Å². The fourth-order valence-electron chi connectivity index (χ4n) is 1.48. The smallest absolute Gasteiger partial charge is 0.353 e. The number of rotatable bonds is 6. The zero-order valence-electron chi connectivity index (χ0n) is 11.1. The number of carbonyl (C=O) groups excluding carboxylic acids is 2. The van der Waals surface area contributed by atoms with Crippen molar-refractivity contribution in [2.24, 2.45) is 0 Å². The van der Waals surface area contributed by atoms with Gasteiger partial charge in [0.1, 0.15) is 5.71 Å². The third kappa shape index (κ3) is 4.90. The molecule has 1 amide bonds. The summed E-state index contributed by atoms with van der Waals surface area (Å²) in [5.74, 6) is -1.06. The monoisotopic (exact) mass is 273 g/mol. The number of benzene rings is 1. The van der Waals surface area contributed by atoms with E-state index >= 15 is 0 Å². The van der Waals surface area contributed by atoms with Crippen molar-refractivity contribution in [3.8, 4) is 6.07 Å². The molecule has 20 heavy (non-hydrogen) atoms. The van der Waals surface area contributed by atoms with Crippen LogP contribution in [0.3, 0.4) is 0 Å². The van der Waals surface area contributed by atoms with Crippen molar-refractivity contribution in [1.29, 1.82) is 10.7 Å². The molecule has 0 unspecified atom stereocenters. The van der Waals surface area contributed by atoms with Gasteiger partial charge in [-0.1, -0.05) is 12.1 Å². The Balaban J connectivity index is 2.46. The highest BCUT2D eigenvalue weighted by atomic mass is 16.5. The molecule has 0 fully saturated rings. The van der Waals surface area contributed by atoms with Crippen molar-refractivity contribution in [2.45, 2.75) is 13.3 Å². The predicted octanol–water partition coefficient (Wildman–Crippen LogP) is 0.800. The molecule has 0 saturated carbocycles. The van der Waals surface area contributed by atoms with E-state index in [9.17, 15) is 9.59 Å². The normalized spacial score (nSPS) is 9.40. The maximum atomic E-state index is 11.7. The third-order valence-corrected chi connectivity index (χ3v) is 2.40. The van der Waals surface area contributed by atoms with E-state index in [1.165, 1.54) is 0 Å². The van der Waals surface area contributed by atoms with Crippen LogP contribution >= 0.6 is 0 Å². The molecule has 0 atom stereocenters. The molecule has 0 heterocycles. The molecule has 0 aliphatic heterocycles. The summed E-state index contributed by atoms with van der Waals surface area (Å²) in [6.07, 6.45) is 0.0889. The third-order valence-electron chi connectivity index (χ3n) is 2.40. The van der Waals surface area contributed by atoms with Gasteiger partial charge in [0.2, 0.25) is 5.91 Å². The summed E-state index contributed by atoms with van der Waals surface area (Å²) in [6.45, 7) is 1.66. The zero-order chi connectivity index (χ0) is 15.0. The number of esters is 1. The van der Waals surface area contributed by atoms with Gasteiger partial charge in [0.05, 0.1) is 31.2 Å². The number of hydrogen-bond donors (Lipinski definition) is 2. The van der Waals surface area contributed by atoms with Crippen LogP contribution in [0.15, 0.2) is 24.3 Å². The van der Waals surface area contributed by atoms with Crippen molar-refractivity contribution in [2.75, 3.05) is 13.2 Å². The number of hydrogen-bond acceptors (Lipinski definition) is 5. The van der Waals surface area contributed by atoms with Crippen molar-refractivity contribution in [3.05, 3.63) is 35.4 Å². The molecular formula is C14H15N3O3. The van der Waals surface area contributed by atoms with Crippen LogP contribution in [0.4, 0.5) is 0 Å². The summed E-state index contributed by atoms with van der Waals surface area (Å²) >= 11 is 0. The molecular weight excluding hydrogens is 258 g/mol. The molecule has 104 valence electrons. The van der Waals surface area contributed by atoms with E-state index in [2.05, 4.69) is 10.1 Å². The lowest BCUT2D eigenvalue weighted by atomic mass is 10.1. The second-order valence-electron chi connectivity index (χ2n) is 3.96. The van der Waals surface area contributed by atoms with Crippen LogP contribution in [0.1, 0.15) is 18.1 Å². The Morgan fingerprint density at radius 1 is 1.45 bits per heavy atom. The Labute approximate surface area is 116 Å². The second kappa shape index (κ2) is 7.69. The quantitative estimate of drug-likeness (QED) is 0.591. The molecule has 0 spiro atoms. The van der Waals surface area contributed by atoms with Gasteiger partial charge >= 0.3 is 5.97 Å². The molecule has 0 saturated heterocycles. The molecule has 1 aromatic rings. The van der Waals surface area contributed by atoms with Crippen LogP contribution in [0.5, 0.6) is 0 Å². The van der Waals surface area contributed by atoms with E-state index in [4.69, 9.17) is 10.7 Å². The van der Waals surface area contributed by atoms with E-state index in [-0.39, 0.29) is 31.2 Å². The van der Waals surface area contributed by atoms with Crippen molar-refractivity contribution >= 4 is 17.6 Å². The molecule has 0 aliphatic rings. The number of nitriles is 1. The molecule has 0 radical (unpaired) electrons. The minimum Gasteiger partial charge on any atom is -0.461 e. The Hall–Kier alpha value is -2.68. The minimum absolute atomic E-state index is 0.0889. The molecule has 1 aromatic carbocycles. The second-order valence-corrected chi connectivity index (χ2v) is 3.96. The van der Waals surface area contributed by atoms with Crippen LogP contribution in [0, 0.1) is 16.7 Å². The first-order chi connectivity index (χ1) is 9.56. The minimum atomic E-state index is -0.737. The van der Waals surface area contributed by atoms with Crippen LogP contribution in [-0.4, -0.2) is 30.7 Å². The molecule has 6 nitrogen and oxygen atoms in total. The van der Waals surface area contributed by atoms with Crippen LogP contribution in [-0.2, 0) is 20.7 Å². The molecule has 0 aromatic heterocycles. The topological polar surface area (TPSA) is 103 Å². The summed E-state index contributed by atoms with van der Waals surface area (Å²) in [7, 11) is 0. The Kier molecular flexibility index (Phi) is 5.91. The summed E-state index contributed by atoms with van der Waals surface area (Å²) in [4.78, 5) is 22.8. The maximum Gasteiger partial charge on any atom is 0.353 e. The standard InChI is InChI=1S/C14H15N3O3/c1-2-20-14(19)12(16)9-17-13(18)7-10-4-3-5-11(6-10)8-15/h3-6,16H,2,7,9H2,1H3,(H,17,18). The Bertz CT molecular complexity index is 561. The summed E-state index contributed by atoms with van der Waals surface area (Å²) in [6, 6.07) is 8.69. The van der Waals surface area contributed by atoms with Crippen molar-refractivity contribution < 1.29 is 14.3 Å². The highest BCUT2D eigenvalue weighted by molar-refractivity contribution is 6.36. The van der Waals surface area contributed by atoms with Gasteiger partial charge in [-0.3, -0.25) is 10.2 Å². The lowest BCUT2D eigenvalue weighted by molar-refractivity contribution is -0.135. The average molecular weight is 273 g/mol. The van der Waals surface area contributed by atoms with E-state index in [0.29, 0.717) is 11.1 Å². The lowest BCUT2D eigenvalue weighted by Crippen LogP contribution is -2.34. The van der Waals surface area contributed by atoms with E-state index in [1.54, 1.807) is 31.2 Å². The average Bonchev–Trinajstić information content (AvgIpc) is 2.45. The fraction of sp³-hybridized carbons (Fsp3) is 0.286. The van der Waals surface area contributed by atoms with Gasteiger partial charge in [-0.05, 0) is 24.6 Å². The molecule has 2 N–H and O–H groups in total. The predicted molar refractivity (Wildman–Crippen MR) is 72.2 cm³/mol. The molecule has 0 bridgehead atoms. The SMILES string of the molecule is CCOC(=O)C(=N)CNC(=O)Cc1cccc(C#N)c1. The van der Waals surface area contributed by atoms with E-state index < -0.39 is 5.97 Å². The van der Waals surface area contributed by atoms with Crippen molar-refractivity contribution in [3.63, 3.8) is 0 Å². The number of amides is 1. The van der Waals surface area contributed by atoms with Gasteiger partial charge in [0.25, 0.3) is 0 Å². The highest BCUT2D eigenvalue weighted by Gasteiger charge is 2.11. The molecule has 6 heteroatoms. The Morgan fingerprint density at radius 2 is 2.20 bits per heavy atom. The van der Waals surface area contributed by atoms with Gasteiger partial charge in [0.15, 0.2) is 0 Å².